The highest BCUT2D eigenvalue weighted by Gasteiger charge is 2.23. The monoisotopic (exact) mass is 350 g/mol. The zero-order chi connectivity index (χ0) is 18.3. The first-order valence-electron chi connectivity index (χ1n) is 8.99. The van der Waals surface area contributed by atoms with Crippen LogP contribution in [0.5, 0.6) is 0 Å². The second-order valence-electron chi connectivity index (χ2n) is 6.97. The maximum atomic E-state index is 12.7. The number of fused-ring (bicyclic) bond motifs is 1. The second kappa shape index (κ2) is 6.44. The van der Waals surface area contributed by atoms with E-state index < -0.39 is 0 Å². The molecule has 0 saturated heterocycles. The first-order valence-corrected chi connectivity index (χ1v) is 8.99. The number of carbonyl (C=O) groups excluding carboxylic acids is 1. The van der Waals surface area contributed by atoms with Gasteiger partial charge in [0.2, 0.25) is 0 Å². The summed E-state index contributed by atoms with van der Waals surface area (Å²) in [4.78, 5) is 28.5. The topological polar surface area (TPSA) is 68.9 Å². The van der Waals surface area contributed by atoms with Crippen LogP contribution in [0.2, 0.25) is 0 Å². The molecule has 134 valence electrons. The van der Waals surface area contributed by atoms with Crippen molar-refractivity contribution in [2.24, 2.45) is 7.05 Å². The van der Waals surface area contributed by atoms with Crippen molar-refractivity contribution in [2.75, 3.05) is 5.32 Å². The standard InChI is InChI=1S/C20H22N4O2/c1-13(25)14-7-9-15(10-8-14)22-19-11-17-18(12-21-19)23(2)20(26)24(17)16-5-3-4-6-16/h7-12,16H,3-6H2,1-2H3,(H,21,22). The number of ketones is 1. The number of Topliss-reactive ketones (excluding diaryl/α,β-unsaturated/α-hetero) is 1. The highest BCUT2D eigenvalue weighted by Crippen LogP contribution is 2.31. The minimum Gasteiger partial charge on any atom is -0.340 e. The molecule has 2 aromatic heterocycles. The lowest BCUT2D eigenvalue weighted by molar-refractivity contribution is 0.101. The van der Waals surface area contributed by atoms with Gasteiger partial charge in [-0.2, -0.15) is 0 Å². The van der Waals surface area contributed by atoms with Crippen molar-refractivity contribution in [2.45, 2.75) is 38.6 Å². The van der Waals surface area contributed by atoms with E-state index in [-0.39, 0.29) is 17.5 Å². The van der Waals surface area contributed by atoms with Gasteiger partial charge < -0.3 is 5.32 Å². The molecule has 0 amide bonds. The van der Waals surface area contributed by atoms with Crippen molar-refractivity contribution >= 4 is 28.3 Å². The average Bonchev–Trinajstić information content (AvgIpc) is 3.23. The number of imidazole rings is 1. The summed E-state index contributed by atoms with van der Waals surface area (Å²) in [5, 5.41) is 3.26. The molecule has 0 radical (unpaired) electrons. The normalized spacial score (nSPS) is 14.8. The molecule has 1 aromatic carbocycles. The summed E-state index contributed by atoms with van der Waals surface area (Å²) in [6.07, 6.45) is 6.19. The molecule has 6 nitrogen and oxygen atoms in total. The fourth-order valence-electron chi connectivity index (χ4n) is 3.78. The fourth-order valence-corrected chi connectivity index (χ4v) is 3.78. The van der Waals surface area contributed by atoms with Crippen molar-refractivity contribution < 1.29 is 4.79 Å². The van der Waals surface area contributed by atoms with E-state index in [9.17, 15) is 9.59 Å². The first kappa shape index (κ1) is 16.6. The van der Waals surface area contributed by atoms with Crippen LogP contribution in [-0.4, -0.2) is 19.9 Å². The van der Waals surface area contributed by atoms with Crippen LogP contribution in [0.15, 0.2) is 41.3 Å². The van der Waals surface area contributed by atoms with Crippen LogP contribution in [0, 0.1) is 0 Å². The van der Waals surface area contributed by atoms with Gasteiger partial charge in [0.05, 0.1) is 17.2 Å². The van der Waals surface area contributed by atoms with E-state index in [0.717, 1.165) is 29.6 Å². The number of carbonyl (C=O) groups is 1. The van der Waals surface area contributed by atoms with E-state index in [1.54, 1.807) is 36.9 Å². The Hall–Kier alpha value is -2.89. The van der Waals surface area contributed by atoms with E-state index >= 15 is 0 Å². The van der Waals surface area contributed by atoms with Crippen molar-refractivity contribution in [3.63, 3.8) is 0 Å². The Bertz CT molecular complexity index is 1020. The first-order chi connectivity index (χ1) is 12.5. The molecule has 26 heavy (non-hydrogen) atoms. The number of nitrogens with zero attached hydrogens (tertiary/aromatic N) is 3. The Morgan fingerprint density at radius 3 is 2.50 bits per heavy atom. The number of hydrogen-bond donors (Lipinski definition) is 1. The Balaban J connectivity index is 1.71. The van der Waals surface area contributed by atoms with Crippen LogP contribution in [-0.2, 0) is 7.05 Å². The van der Waals surface area contributed by atoms with E-state index in [0.29, 0.717) is 11.4 Å². The molecule has 1 saturated carbocycles. The van der Waals surface area contributed by atoms with Crippen LogP contribution < -0.4 is 11.0 Å². The van der Waals surface area contributed by atoms with Crippen LogP contribution in [0.4, 0.5) is 11.5 Å². The van der Waals surface area contributed by atoms with Gasteiger partial charge in [-0.1, -0.05) is 12.8 Å². The van der Waals surface area contributed by atoms with Gasteiger partial charge in [-0.15, -0.1) is 0 Å². The van der Waals surface area contributed by atoms with E-state index in [1.807, 2.05) is 22.8 Å². The Morgan fingerprint density at radius 2 is 1.85 bits per heavy atom. The predicted molar refractivity (Wildman–Crippen MR) is 102 cm³/mol. The van der Waals surface area contributed by atoms with Gasteiger partial charge in [-0.3, -0.25) is 13.9 Å². The summed E-state index contributed by atoms with van der Waals surface area (Å²) in [7, 11) is 1.80. The van der Waals surface area contributed by atoms with Crippen molar-refractivity contribution in [1.29, 1.82) is 0 Å². The minimum atomic E-state index is 0.0247. The number of nitrogens with one attached hydrogen (secondary N) is 1. The van der Waals surface area contributed by atoms with Gasteiger partial charge in [0.15, 0.2) is 5.78 Å². The summed E-state index contributed by atoms with van der Waals surface area (Å²) in [5.41, 5.74) is 3.32. The van der Waals surface area contributed by atoms with Gasteiger partial charge in [-0.25, -0.2) is 9.78 Å². The zero-order valence-electron chi connectivity index (χ0n) is 15.0. The summed E-state index contributed by atoms with van der Waals surface area (Å²) in [6, 6.07) is 9.51. The highest BCUT2D eigenvalue weighted by atomic mass is 16.1. The minimum absolute atomic E-state index is 0.0247. The SMILES string of the molecule is CC(=O)c1ccc(Nc2cc3c(cn2)n(C)c(=O)n3C2CCCC2)cc1. The van der Waals surface area contributed by atoms with Crippen LogP contribution >= 0.6 is 0 Å². The summed E-state index contributed by atoms with van der Waals surface area (Å²) in [5.74, 6) is 0.728. The predicted octanol–water partition coefficient (Wildman–Crippen LogP) is 3.80. The number of aryl methyl sites for hydroxylation is 1. The van der Waals surface area contributed by atoms with Gasteiger partial charge in [-0.05, 0) is 44.0 Å². The van der Waals surface area contributed by atoms with Crippen molar-refractivity contribution in [3.05, 3.63) is 52.6 Å². The van der Waals surface area contributed by atoms with E-state index in [2.05, 4.69) is 10.3 Å². The Kier molecular flexibility index (Phi) is 4.11. The van der Waals surface area contributed by atoms with Crippen molar-refractivity contribution in [3.8, 4) is 0 Å². The van der Waals surface area contributed by atoms with Crippen molar-refractivity contribution in [1.82, 2.24) is 14.1 Å². The molecule has 0 atom stereocenters. The Morgan fingerprint density at radius 1 is 1.15 bits per heavy atom. The smallest absolute Gasteiger partial charge is 0.329 e. The molecule has 0 bridgehead atoms. The molecule has 0 spiro atoms. The largest absolute Gasteiger partial charge is 0.340 e. The van der Waals surface area contributed by atoms with Crippen LogP contribution in [0.3, 0.4) is 0 Å². The average molecular weight is 350 g/mol. The molecule has 0 aliphatic heterocycles. The second-order valence-corrected chi connectivity index (χ2v) is 6.97. The van der Waals surface area contributed by atoms with Gasteiger partial charge in [0, 0.05) is 30.4 Å². The quantitative estimate of drug-likeness (QED) is 0.727. The van der Waals surface area contributed by atoms with Crippen LogP contribution in [0.25, 0.3) is 11.0 Å². The molecule has 1 fully saturated rings. The molecular formula is C20H22N4O2. The number of pyridine rings is 1. The summed E-state index contributed by atoms with van der Waals surface area (Å²) >= 11 is 0. The van der Waals surface area contributed by atoms with Gasteiger partial charge >= 0.3 is 5.69 Å². The maximum absolute atomic E-state index is 12.7. The third kappa shape index (κ3) is 2.81. The number of rotatable bonds is 4. The zero-order valence-corrected chi connectivity index (χ0v) is 15.0. The Labute approximate surface area is 151 Å². The third-order valence-corrected chi connectivity index (χ3v) is 5.23. The molecule has 6 heteroatoms. The van der Waals surface area contributed by atoms with E-state index in [1.165, 1.54) is 12.8 Å². The third-order valence-electron chi connectivity index (χ3n) is 5.23. The van der Waals surface area contributed by atoms with E-state index in [4.69, 9.17) is 0 Å². The fraction of sp³-hybridized carbons (Fsp3) is 0.350. The van der Waals surface area contributed by atoms with Crippen LogP contribution in [0.1, 0.15) is 49.0 Å². The lowest BCUT2D eigenvalue weighted by Crippen LogP contribution is -2.24. The maximum Gasteiger partial charge on any atom is 0.329 e. The molecular weight excluding hydrogens is 328 g/mol. The molecule has 3 aromatic rings. The summed E-state index contributed by atoms with van der Waals surface area (Å²) in [6.45, 7) is 1.55. The number of hydrogen-bond acceptors (Lipinski definition) is 4. The van der Waals surface area contributed by atoms with Gasteiger partial charge in [0.1, 0.15) is 5.82 Å². The lowest BCUT2D eigenvalue weighted by Gasteiger charge is -2.12. The van der Waals surface area contributed by atoms with Gasteiger partial charge in [0.25, 0.3) is 0 Å². The molecule has 1 N–H and O–H groups in total. The molecule has 4 rings (SSSR count). The highest BCUT2D eigenvalue weighted by molar-refractivity contribution is 5.94. The number of benzene rings is 1. The molecule has 2 heterocycles. The molecule has 1 aliphatic carbocycles. The molecule has 0 unspecified atom stereocenters. The molecule has 1 aliphatic rings. The summed E-state index contributed by atoms with van der Waals surface area (Å²) < 4.78 is 3.60. The number of anilines is 2. The lowest BCUT2D eigenvalue weighted by atomic mass is 10.1. The number of aromatic nitrogens is 3.